The summed E-state index contributed by atoms with van der Waals surface area (Å²) in [6.45, 7) is 0. The molecule has 0 aromatic heterocycles. The highest BCUT2D eigenvalue weighted by Crippen LogP contribution is 2.28. The van der Waals surface area contributed by atoms with E-state index in [-0.39, 0.29) is 10.5 Å². The average Bonchev–Trinajstić information content (AvgIpc) is 2.48. The molecule has 1 heterocycles. The molecule has 0 saturated carbocycles. The van der Waals surface area contributed by atoms with E-state index in [4.69, 9.17) is 0 Å². The largest absolute Gasteiger partial charge is 0.369 e. The first-order valence-electron chi connectivity index (χ1n) is 4.64. The van der Waals surface area contributed by atoms with Gasteiger partial charge in [-0.1, -0.05) is 15.9 Å². The predicted molar refractivity (Wildman–Crippen MR) is 63.8 cm³/mol. The van der Waals surface area contributed by atoms with Gasteiger partial charge in [0.2, 0.25) is 0 Å². The van der Waals surface area contributed by atoms with Gasteiger partial charge in [-0.25, -0.2) is 9.80 Å². The molecule has 2 rings (SSSR count). The van der Waals surface area contributed by atoms with Crippen molar-refractivity contribution >= 4 is 27.5 Å². The number of carbonyl (C=O) groups excluding carboxylic acids is 1. The topological polar surface area (TPSA) is 20.3 Å². The summed E-state index contributed by atoms with van der Waals surface area (Å²) >= 11 is 3.38. The van der Waals surface area contributed by atoms with Crippen molar-refractivity contribution in [2.24, 2.45) is 0 Å². The minimum absolute atomic E-state index is 0.0693. The van der Waals surface area contributed by atoms with Gasteiger partial charge >= 0.3 is 5.91 Å². The number of hydrogen-bond donors (Lipinski definition) is 0. The first kappa shape index (κ1) is 10.4. The Morgan fingerprint density at radius 1 is 1.27 bits per heavy atom. The molecule has 78 valence electrons. The van der Waals surface area contributed by atoms with Crippen LogP contribution >= 0.6 is 15.9 Å². The molecule has 3 nitrogen and oxygen atoms in total. The second-order valence-corrected chi connectivity index (χ2v) is 4.58. The fourth-order valence-electron chi connectivity index (χ4n) is 1.65. The lowest BCUT2D eigenvalue weighted by Gasteiger charge is -2.32. The summed E-state index contributed by atoms with van der Waals surface area (Å²) in [7, 11) is 3.77. The summed E-state index contributed by atoms with van der Waals surface area (Å²) in [5.41, 5.74) is 0.954. The molecule has 1 unspecified atom stereocenters. The maximum absolute atomic E-state index is 11.8. The quantitative estimate of drug-likeness (QED) is 0.728. The summed E-state index contributed by atoms with van der Waals surface area (Å²) in [5.74, 6) is 0.0693. The van der Waals surface area contributed by atoms with Crippen molar-refractivity contribution in [2.75, 3.05) is 14.1 Å². The van der Waals surface area contributed by atoms with Gasteiger partial charge in [-0.05, 0) is 12.1 Å². The Kier molecular flexibility index (Phi) is 2.40. The molecule has 0 aliphatic carbocycles. The van der Waals surface area contributed by atoms with Gasteiger partial charge in [0.05, 0.1) is 19.3 Å². The molecule has 1 aliphatic heterocycles. The van der Waals surface area contributed by atoms with Crippen LogP contribution in [0.2, 0.25) is 0 Å². The number of amides is 1. The number of likely N-dealkylation sites (N-methyl/N-ethyl adjacent to an activating group) is 1. The van der Waals surface area contributed by atoms with Gasteiger partial charge in [0.25, 0.3) is 0 Å². The standard InChI is InChI=1S/C11H12BrN2O/c1-13-8-7-11(15)14(13,2)10-5-3-9(12)4-6-10/h3-8H,1-2H3/q+1. The number of carbonyl (C=O) groups is 1. The zero-order valence-corrected chi connectivity index (χ0v) is 10.2. The Hall–Kier alpha value is -1.13. The second kappa shape index (κ2) is 3.47. The number of benzene rings is 1. The second-order valence-electron chi connectivity index (χ2n) is 3.66. The zero-order chi connectivity index (χ0) is 11.1. The third kappa shape index (κ3) is 1.50. The minimum Gasteiger partial charge on any atom is -0.223 e. The lowest BCUT2D eigenvalue weighted by molar-refractivity contribution is -0.130. The number of nitrogens with zero attached hydrogens (tertiary/aromatic N) is 2. The van der Waals surface area contributed by atoms with E-state index in [9.17, 15) is 4.79 Å². The van der Waals surface area contributed by atoms with Crippen LogP contribution in [0.4, 0.5) is 5.69 Å². The van der Waals surface area contributed by atoms with E-state index in [0.717, 1.165) is 10.2 Å². The summed E-state index contributed by atoms with van der Waals surface area (Å²) in [4.78, 5) is 11.8. The molecule has 0 fully saturated rings. The van der Waals surface area contributed by atoms with Crippen LogP contribution in [0.1, 0.15) is 0 Å². The SMILES string of the molecule is CN1C=CC(=O)[N+]1(C)c1ccc(Br)cc1. The van der Waals surface area contributed by atoms with Crippen LogP contribution in [-0.4, -0.2) is 25.0 Å². The molecule has 15 heavy (non-hydrogen) atoms. The van der Waals surface area contributed by atoms with Crippen LogP contribution in [0.3, 0.4) is 0 Å². The molecule has 1 aliphatic rings. The summed E-state index contributed by atoms with van der Waals surface area (Å²) in [6, 6.07) is 7.79. The van der Waals surface area contributed by atoms with Gasteiger partial charge in [-0.3, -0.25) is 0 Å². The maximum atomic E-state index is 11.8. The molecular weight excluding hydrogens is 256 g/mol. The Labute approximate surface area is 97.3 Å². The van der Waals surface area contributed by atoms with Crippen LogP contribution in [0.15, 0.2) is 41.0 Å². The molecule has 1 aromatic carbocycles. The molecule has 0 spiro atoms. The number of quaternary nitrogens is 1. The monoisotopic (exact) mass is 267 g/mol. The normalized spacial score (nSPS) is 25.0. The van der Waals surface area contributed by atoms with Gasteiger partial charge in [0.15, 0.2) is 5.69 Å². The smallest absolute Gasteiger partial charge is 0.223 e. The van der Waals surface area contributed by atoms with Crippen molar-refractivity contribution < 1.29 is 4.79 Å². The van der Waals surface area contributed by atoms with Crippen molar-refractivity contribution in [3.05, 3.63) is 41.0 Å². The first-order chi connectivity index (χ1) is 7.05. The van der Waals surface area contributed by atoms with Crippen molar-refractivity contribution in [3.63, 3.8) is 0 Å². The van der Waals surface area contributed by atoms with Crippen LogP contribution in [0.25, 0.3) is 0 Å². The molecule has 1 amide bonds. The third-order valence-corrected chi connectivity index (χ3v) is 3.35. The molecule has 1 atom stereocenters. The zero-order valence-electron chi connectivity index (χ0n) is 8.64. The lowest BCUT2D eigenvalue weighted by atomic mass is 10.3. The average molecular weight is 268 g/mol. The van der Waals surface area contributed by atoms with E-state index in [0.29, 0.717) is 0 Å². The van der Waals surface area contributed by atoms with Crippen molar-refractivity contribution in [3.8, 4) is 0 Å². The number of halogens is 1. The van der Waals surface area contributed by atoms with E-state index in [1.54, 1.807) is 12.3 Å². The Morgan fingerprint density at radius 3 is 2.33 bits per heavy atom. The fourth-order valence-corrected chi connectivity index (χ4v) is 1.91. The molecule has 0 radical (unpaired) electrons. The Morgan fingerprint density at radius 2 is 1.87 bits per heavy atom. The minimum atomic E-state index is 0.0693. The van der Waals surface area contributed by atoms with E-state index in [1.165, 1.54) is 0 Å². The van der Waals surface area contributed by atoms with Crippen LogP contribution in [0.5, 0.6) is 0 Å². The van der Waals surface area contributed by atoms with E-state index >= 15 is 0 Å². The highest BCUT2D eigenvalue weighted by Gasteiger charge is 2.40. The molecule has 1 aromatic rings. The van der Waals surface area contributed by atoms with Gasteiger partial charge in [0.1, 0.15) is 7.05 Å². The number of hydrogen-bond acceptors (Lipinski definition) is 2. The molecule has 0 saturated heterocycles. The van der Waals surface area contributed by atoms with Gasteiger partial charge in [0, 0.05) is 16.6 Å². The fraction of sp³-hybridized carbons (Fsp3) is 0.182. The molecule has 0 bridgehead atoms. The van der Waals surface area contributed by atoms with Crippen LogP contribution < -0.4 is 4.59 Å². The highest BCUT2D eigenvalue weighted by molar-refractivity contribution is 9.10. The summed E-state index contributed by atoms with van der Waals surface area (Å²) in [5, 5.41) is 1.88. The van der Waals surface area contributed by atoms with E-state index < -0.39 is 0 Å². The summed E-state index contributed by atoms with van der Waals surface area (Å²) in [6.07, 6.45) is 3.40. The Bertz CT molecular complexity index is 427. The highest BCUT2D eigenvalue weighted by atomic mass is 79.9. The van der Waals surface area contributed by atoms with Crippen molar-refractivity contribution in [1.82, 2.24) is 9.60 Å². The lowest BCUT2D eigenvalue weighted by Crippen LogP contribution is -2.54. The third-order valence-electron chi connectivity index (χ3n) is 2.82. The van der Waals surface area contributed by atoms with Crippen LogP contribution in [0, 0.1) is 0 Å². The molecule has 0 N–H and O–H groups in total. The molecular formula is C11H12BrN2O+. The van der Waals surface area contributed by atoms with Gasteiger partial charge < -0.3 is 0 Å². The van der Waals surface area contributed by atoms with Gasteiger partial charge in [-0.2, -0.15) is 0 Å². The van der Waals surface area contributed by atoms with Crippen LogP contribution in [-0.2, 0) is 4.79 Å². The summed E-state index contributed by atoms with van der Waals surface area (Å²) < 4.78 is 1.19. The van der Waals surface area contributed by atoms with Crippen molar-refractivity contribution in [2.45, 2.75) is 0 Å². The number of rotatable bonds is 1. The van der Waals surface area contributed by atoms with E-state index in [2.05, 4.69) is 15.9 Å². The predicted octanol–water partition coefficient (Wildman–Crippen LogP) is 2.29. The van der Waals surface area contributed by atoms with Gasteiger partial charge in [-0.15, -0.1) is 4.59 Å². The van der Waals surface area contributed by atoms with E-state index in [1.807, 2.05) is 43.4 Å². The maximum Gasteiger partial charge on any atom is 0.369 e. The molecule has 4 heteroatoms. The Balaban J connectivity index is 2.46. The van der Waals surface area contributed by atoms with Crippen molar-refractivity contribution in [1.29, 1.82) is 0 Å². The first-order valence-corrected chi connectivity index (χ1v) is 5.43.